The van der Waals surface area contributed by atoms with E-state index in [0.29, 0.717) is 12.5 Å². The summed E-state index contributed by atoms with van der Waals surface area (Å²) in [5.74, 6) is 1.14. The van der Waals surface area contributed by atoms with Crippen molar-refractivity contribution in [2.45, 2.75) is 25.8 Å². The maximum absolute atomic E-state index is 13.9. The SMILES string of the molecule is Fc1ccccc1CN1CCC[C@@H](Cc2cnc(-c3ncc[nH]3)cn2)C1. The van der Waals surface area contributed by atoms with Crippen LogP contribution in [-0.2, 0) is 13.0 Å². The molecule has 26 heavy (non-hydrogen) atoms. The Labute approximate surface area is 152 Å². The summed E-state index contributed by atoms with van der Waals surface area (Å²) in [7, 11) is 0. The number of nitrogens with zero attached hydrogens (tertiary/aromatic N) is 4. The zero-order valence-electron chi connectivity index (χ0n) is 14.6. The number of imidazole rings is 1. The maximum atomic E-state index is 13.9. The number of rotatable bonds is 5. The van der Waals surface area contributed by atoms with Crippen molar-refractivity contribution in [2.75, 3.05) is 13.1 Å². The van der Waals surface area contributed by atoms with Crippen molar-refractivity contribution in [3.63, 3.8) is 0 Å². The lowest BCUT2D eigenvalue weighted by Gasteiger charge is -2.32. The lowest BCUT2D eigenvalue weighted by atomic mass is 9.93. The van der Waals surface area contributed by atoms with E-state index >= 15 is 0 Å². The van der Waals surface area contributed by atoms with Crippen molar-refractivity contribution in [2.24, 2.45) is 5.92 Å². The molecular weight excluding hydrogens is 329 g/mol. The first-order valence-corrected chi connectivity index (χ1v) is 9.04. The van der Waals surface area contributed by atoms with Gasteiger partial charge in [0, 0.05) is 37.2 Å². The molecule has 1 atom stereocenters. The first-order valence-electron chi connectivity index (χ1n) is 9.04. The van der Waals surface area contributed by atoms with Gasteiger partial charge in [-0.1, -0.05) is 18.2 Å². The van der Waals surface area contributed by atoms with Gasteiger partial charge in [-0.25, -0.2) is 14.4 Å². The number of likely N-dealkylation sites (tertiary alicyclic amines) is 1. The topological polar surface area (TPSA) is 57.7 Å². The van der Waals surface area contributed by atoms with Gasteiger partial charge in [0.2, 0.25) is 0 Å². The van der Waals surface area contributed by atoms with Gasteiger partial charge in [-0.3, -0.25) is 9.88 Å². The molecule has 6 heteroatoms. The average Bonchev–Trinajstić information content (AvgIpc) is 3.19. The van der Waals surface area contributed by atoms with Gasteiger partial charge in [0.05, 0.1) is 11.9 Å². The highest BCUT2D eigenvalue weighted by Gasteiger charge is 2.21. The van der Waals surface area contributed by atoms with Gasteiger partial charge in [0.15, 0.2) is 5.82 Å². The van der Waals surface area contributed by atoms with E-state index in [1.54, 1.807) is 24.7 Å². The Balaban J connectivity index is 1.37. The first kappa shape index (κ1) is 16.8. The molecule has 0 spiro atoms. The smallest absolute Gasteiger partial charge is 0.157 e. The van der Waals surface area contributed by atoms with Crippen LogP contribution in [0.2, 0.25) is 0 Å². The fraction of sp³-hybridized carbons (Fsp3) is 0.350. The van der Waals surface area contributed by atoms with E-state index in [9.17, 15) is 4.39 Å². The number of aromatic amines is 1. The third-order valence-corrected chi connectivity index (χ3v) is 4.90. The first-order chi connectivity index (χ1) is 12.8. The summed E-state index contributed by atoms with van der Waals surface area (Å²) in [4.78, 5) is 18.6. The van der Waals surface area contributed by atoms with Gasteiger partial charge in [0.25, 0.3) is 0 Å². The number of nitrogens with one attached hydrogen (secondary N) is 1. The molecule has 1 aliphatic heterocycles. The summed E-state index contributed by atoms with van der Waals surface area (Å²) in [6.07, 6.45) is 10.3. The third kappa shape index (κ3) is 3.96. The summed E-state index contributed by atoms with van der Waals surface area (Å²) in [6, 6.07) is 7.05. The lowest BCUT2D eigenvalue weighted by molar-refractivity contribution is 0.164. The Morgan fingerprint density at radius 2 is 2.08 bits per heavy atom. The standard InChI is InChI=1S/C20H22FN5/c21-18-6-2-1-5-16(18)14-26-9-3-4-15(13-26)10-17-11-25-19(12-24-17)20-22-7-8-23-20/h1-2,5-8,11-12,15H,3-4,9-10,13-14H2,(H,22,23)/t15-/m0/s1. The van der Waals surface area contributed by atoms with Gasteiger partial charge >= 0.3 is 0 Å². The van der Waals surface area contributed by atoms with E-state index in [2.05, 4.69) is 24.8 Å². The molecule has 0 bridgehead atoms. The molecule has 3 aromatic rings. The molecule has 1 N–H and O–H groups in total. The Bertz CT molecular complexity index is 832. The predicted molar refractivity (Wildman–Crippen MR) is 97.7 cm³/mol. The fourth-order valence-corrected chi connectivity index (χ4v) is 3.61. The molecule has 1 aromatic carbocycles. The zero-order chi connectivity index (χ0) is 17.8. The van der Waals surface area contributed by atoms with Crippen LogP contribution in [0, 0.1) is 11.7 Å². The average molecular weight is 351 g/mol. The van der Waals surface area contributed by atoms with Crippen LogP contribution in [-0.4, -0.2) is 37.9 Å². The molecular formula is C20H22FN5. The number of aromatic nitrogens is 4. The van der Waals surface area contributed by atoms with Crippen LogP contribution < -0.4 is 0 Å². The second-order valence-corrected chi connectivity index (χ2v) is 6.87. The van der Waals surface area contributed by atoms with Crippen molar-refractivity contribution in [1.82, 2.24) is 24.8 Å². The molecule has 3 heterocycles. The van der Waals surface area contributed by atoms with Gasteiger partial charge < -0.3 is 4.98 Å². The second kappa shape index (κ2) is 7.74. The molecule has 5 nitrogen and oxygen atoms in total. The number of piperidine rings is 1. The monoisotopic (exact) mass is 351 g/mol. The van der Waals surface area contributed by atoms with E-state index in [-0.39, 0.29) is 5.82 Å². The quantitative estimate of drug-likeness (QED) is 0.765. The summed E-state index contributed by atoms with van der Waals surface area (Å²) in [6.45, 7) is 2.66. The maximum Gasteiger partial charge on any atom is 0.157 e. The van der Waals surface area contributed by atoms with Crippen LogP contribution in [0.25, 0.3) is 11.5 Å². The van der Waals surface area contributed by atoms with E-state index in [0.717, 1.165) is 48.7 Å². The number of hydrogen-bond acceptors (Lipinski definition) is 4. The minimum atomic E-state index is -0.117. The Morgan fingerprint density at radius 1 is 1.15 bits per heavy atom. The van der Waals surface area contributed by atoms with Crippen molar-refractivity contribution in [3.05, 3.63) is 66.1 Å². The summed E-state index contributed by atoms with van der Waals surface area (Å²) < 4.78 is 13.9. The van der Waals surface area contributed by atoms with E-state index < -0.39 is 0 Å². The molecule has 0 unspecified atom stereocenters. The van der Waals surface area contributed by atoms with Crippen LogP contribution in [0.4, 0.5) is 4.39 Å². The molecule has 4 rings (SSSR count). The van der Waals surface area contributed by atoms with Crippen molar-refractivity contribution in [1.29, 1.82) is 0 Å². The minimum absolute atomic E-state index is 0.117. The van der Waals surface area contributed by atoms with Gasteiger partial charge in [0.1, 0.15) is 11.5 Å². The predicted octanol–water partition coefficient (Wildman–Crippen LogP) is 3.46. The van der Waals surface area contributed by atoms with E-state index in [1.807, 2.05) is 18.3 Å². The van der Waals surface area contributed by atoms with Crippen LogP contribution in [0.15, 0.2) is 49.1 Å². The molecule has 0 radical (unpaired) electrons. The third-order valence-electron chi connectivity index (χ3n) is 4.90. The fourth-order valence-electron chi connectivity index (χ4n) is 3.61. The molecule has 1 aliphatic rings. The molecule has 1 fully saturated rings. The molecule has 0 aliphatic carbocycles. The minimum Gasteiger partial charge on any atom is -0.343 e. The molecule has 0 saturated carbocycles. The van der Waals surface area contributed by atoms with Gasteiger partial charge in [-0.05, 0) is 37.8 Å². The van der Waals surface area contributed by atoms with Crippen LogP contribution in [0.3, 0.4) is 0 Å². The largest absolute Gasteiger partial charge is 0.343 e. The van der Waals surface area contributed by atoms with Gasteiger partial charge in [-0.15, -0.1) is 0 Å². The Kier molecular flexibility index (Phi) is 5.02. The number of hydrogen-bond donors (Lipinski definition) is 1. The van der Waals surface area contributed by atoms with Crippen LogP contribution in [0.5, 0.6) is 0 Å². The van der Waals surface area contributed by atoms with Crippen molar-refractivity contribution in [3.8, 4) is 11.5 Å². The molecule has 1 saturated heterocycles. The zero-order valence-corrected chi connectivity index (χ0v) is 14.6. The normalized spacial score (nSPS) is 18.1. The van der Waals surface area contributed by atoms with E-state index in [1.165, 1.54) is 12.5 Å². The van der Waals surface area contributed by atoms with Crippen LogP contribution >= 0.6 is 0 Å². The highest BCUT2D eigenvalue weighted by molar-refractivity contribution is 5.46. The number of H-pyrrole nitrogens is 1. The molecule has 2 aromatic heterocycles. The van der Waals surface area contributed by atoms with Crippen LogP contribution in [0.1, 0.15) is 24.1 Å². The number of halogens is 1. The Morgan fingerprint density at radius 3 is 2.85 bits per heavy atom. The van der Waals surface area contributed by atoms with Gasteiger partial charge in [-0.2, -0.15) is 0 Å². The summed E-state index contributed by atoms with van der Waals surface area (Å²) >= 11 is 0. The summed E-state index contributed by atoms with van der Waals surface area (Å²) in [5.41, 5.74) is 2.53. The highest BCUT2D eigenvalue weighted by atomic mass is 19.1. The number of benzene rings is 1. The molecule has 0 amide bonds. The second-order valence-electron chi connectivity index (χ2n) is 6.87. The molecule has 134 valence electrons. The Hall–Kier alpha value is -2.60. The summed E-state index contributed by atoms with van der Waals surface area (Å²) in [5, 5.41) is 0. The highest BCUT2D eigenvalue weighted by Crippen LogP contribution is 2.22. The van der Waals surface area contributed by atoms with E-state index in [4.69, 9.17) is 0 Å². The van der Waals surface area contributed by atoms with Crippen molar-refractivity contribution < 1.29 is 4.39 Å². The lowest BCUT2D eigenvalue weighted by Crippen LogP contribution is -2.36. The van der Waals surface area contributed by atoms with Crippen molar-refractivity contribution >= 4 is 0 Å².